The van der Waals surface area contributed by atoms with E-state index in [1.807, 2.05) is 7.05 Å². The molecule has 0 saturated heterocycles. The molecule has 0 saturated carbocycles. The first-order valence-corrected chi connectivity index (χ1v) is 7.79. The predicted octanol–water partition coefficient (Wildman–Crippen LogP) is 0.599. The minimum atomic E-state index is -2.85. The van der Waals surface area contributed by atoms with Crippen LogP contribution < -0.4 is 5.32 Å². The van der Waals surface area contributed by atoms with E-state index in [4.69, 9.17) is 0 Å². The van der Waals surface area contributed by atoms with Gasteiger partial charge in [0.05, 0.1) is 5.75 Å². The highest BCUT2D eigenvalue weighted by Crippen LogP contribution is 2.14. The van der Waals surface area contributed by atoms with Gasteiger partial charge in [-0.1, -0.05) is 20.8 Å². The molecule has 0 bridgehead atoms. The highest BCUT2D eigenvalue weighted by Gasteiger charge is 2.19. The van der Waals surface area contributed by atoms with Crippen molar-refractivity contribution in [2.24, 2.45) is 5.41 Å². The molecule has 0 aromatic heterocycles. The van der Waals surface area contributed by atoms with Gasteiger partial charge >= 0.3 is 0 Å². The van der Waals surface area contributed by atoms with Gasteiger partial charge in [-0.15, -0.1) is 0 Å². The molecule has 5 heteroatoms. The number of hydrogen-bond donors (Lipinski definition) is 1. The van der Waals surface area contributed by atoms with Crippen LogP contribution in [0.5, 0.6) is 0 Å². The molecule has 0 aromatic carbocycles. The van der Waals surface area contributed by atoms with E-state index in [2.05, 4.69) is 31.0 Å². The molecule has 0 spiro atoms. The maximum absolute atomic E-state index is 11.0. The Bertz CT molecular complexity index is 286. The standard InChI is InChI=1S/C11H26N2O2S/c1-6-12-9-11(2,3)10-13(4)7-8-16(5,14)15/h12H,6-10H2,1-5H3. The summed E-state index contributed by atoms with van der Waals surface area (Å²) < 4.78 is 22.1. The Morgan fingerprint density at radius 3 is 2.31 bits per heavy atom. The molecule has 0 atom stereocenters. The molecule has 1 N–H and O–H groups in total. The lowest BCUT2D eigenvalue weighted by atomic mass is 9.93. The van der Waals surface area contributed by atoms with Crippen molar-refractivity contribution in [3.05, 3.63) is 0 Å². The molecule has 0 heterocycles. The highest BCUT2D eigenvalue weighted by atomic mass is 32.2. The van der Waals surface area contributed by atoms with Crippen molar-refractivity contribution in [2.75, 3.05) is 45.2 Å². The van der Waals surface area contributed by atoms with E-state index in [-0.39, 0.29) is 11.2 Å². The molecule has 98 valence electrons. The van der Waals surface area contributed by atoms with E-state index in [1.54, 1.807) is 0 Å². The van der Waals surface area contributed by atoms with Crippen LogP contribution in [0.1, 0.15) is 20.8 Å². The Balaban J connectivity index is 3.98. The molecule has 16 heavy (non-hydrogen) atoms. The van der Waals surface area contributed by atoms with Gasteiger partial charge in [-0.3, -0.25) is 0 Å². The van der Waals surface area contributed by atoms with Gasteiger partial charge in [0.2, 0.25) is 0 Å². The molecule has 0 unspecified atom stereocenters. The SMILES string of the molecule is CCNCC(C)(C)CN(C)CCS(C)(=O)=O. The predicted molar refractivity (Wildman–Crippen MR) is 69.5 cm³/mol. The summed E-state index contributed by atoms with van der Waals surface area (Å²) in [5, 5.41) is 3.32. The monoisotopic (exact) mass is 250 g/mol. The fourth-order valence-electron chi connectivity index (χ4n) is 1.65. The summed E-state index contributed by atoms with van der Waals surface area (Å²) in [4.78, 5) is 2.08. The largest absolute Gasteiger partial charge is 0.316 e. The first-order chi connectivity index (χ1) is 7.16. The first kappa shape index (κ1) is 15.9. The molecule has 0 amide bonds. The molecular weight excluding hydrogens is 224 g/mol. The summed E-state index contributed by atoms with van der Waals surface area (Å²) in [6.45, 7) is 9.88. The summed E-state index contributed by atoms with van der Waals surface area (Å²) in [5.74, 6) is 0.237. The molecule has 0 radical (unpaired) electrons. The summed E-state index contributed by atoms with van der Waals surface area (Å²) in [6.07, 6.45) is 1.28. The molecule has 0 aliphatic rings. The van der Waals surface area contributed by atoms with Crippen LogP contribution >= 0.6 is 0 Å². The molecule has 4 nitrogen and oxygen atoms in total. The number of hydrogen-bond acceptors (Lipinski definition) is 4. The second-order valence-corrected chi connectivity index (χ2v) is 7.57. The number of nitrogens with zero attached hydrogens (tertiary/aromatic N) is 1. The zero-order valence-corrected chi connectivity index (χ0v) is 12.0. The zero-order chi connectivity index (χ0) is 12.8. The van der Waals surface area contributed by atoms with Gasteiger partial charge in [0.25, 0.3) is 0 Å². The normalized spacial score (nSPS) is 13.4. The number of rotatable bonds is 8. The molecule has 0 aliphatic heterocycles. The van der Waals surface area contributed by atoms with E-state index in [1.165, 1.54) is 6.26 Å². The Kier molecular flexibility index (Phi) is 6.51. The highest BCUT2D eigenvalue weighted by molar-refractivity contribution is 7.90. The quantitative estimate of drug-likeness (QED) is 0.685. The van der Waals surface area contributed by atoms with Crippen LogP contribution in [0.15, 0.2) is 0 Å². The second-order valence-electron chi connectivity index (χ2n) is 5.31. The van der Waals surface area contributed by atoms with Gasteiger partial charge in [0.15, 0.2) is 0 Å². The summed E-state index contributed by atoms with van der Waals surface area (Å²) in [7, 11) is -0.878. The lowest BCUT2D eigenvalue weighted by molar-refractivity contribution is 0.212. The van der Waals surface area contributed by atoms with Crippen molar-refractivity contribution in [1.29, 1.82) is 0 Å². The van der Waals surface area contributed by atoms with Gasteiger partial charge in [-0.05, 0) is 19.0 Å². The van der Waals surface area contributed by atoms with Crippen LogP contribution in [0, 0.1) is 5.41 Å². The topological polar surface area (TPSA) is 49.4 Å². The van der Waals surface area contributed by atoms with Crippen LogP contribution in [-0.4, -0.2) is 58.6 Å². The Morgan fingerprint density at radius 1 is 1.31 bits per heavy atom. The van der Waals surface area contributed by atoms with Crippen molar-refractivity contribution in [3.8, 4) is 0 Å². The lowest BCUT2D eigenvalue weighted by Crippen LogP contribution is -2.40. The number of nitrogens with one attached hydrogen (secondary N) is 1. The van der Waals surface area contributed by atoms with E-state index < -0.39 is 9.84 Å². The zero-order valence-electron chi connectivity index (χ0n) is 11.2. The average Bonchev–Trinajstić information content (AvgIpc) is 2.10. The lowest BCUT2D eigenvalue weighted by Gasteiger charge is -2.30. The summed E-state index contributed by atoms with van der Waals surface area (Å²) in [5.41, 5.74) is 0.169. The molecule has 0 aliphatic carbocycles. The minimum absolute atomic E-state index is 0.169. The first-order valence-electron chi connectivity index (χ1n) is 5.73. The Morgan fingerprint density at radius 2 is 1.88 bits per heavy atom. The minimum Gasteiger partial charge on any atom is -0.316 e. The van der Waals surface area contributed by atoms with Crippen LogP contribution in [0.4, 0.5) is 0 Å². The third-order valence-electron chi connectivity index (χ3n) is 2.40. The molecule has 0 rings (SSSR count). The van der Waals surface area contributed by atoms with Crippen molar-refractivity contribution in [1.82, 2.24) is 10.2 Å². The molecule has 0 aromatic rings. The van der Waals surface area contributed by atoms with Crippen molar-refractivity contribution >= 4 is 9.84 Å². The van der Waals surface area contributed by atoms with E-state index >= 15 is 0 Å². The van der Waals surface area contributed by atoms with E-state index in [0.717, 1.165) is 19.6 Å². The third-order valence-corrected chi connectivity index (χ3v) is 3.32. The van der Waals surface area contributed by atoms with Crippen molar-refractivity contribution in [3.63, 3.8) is 0 Å². The van der Waals surface area contributed by atoms with Crippen molar-refractivity contribution in [2.45, 2.75) is 20.8 Å². The number of sulfone groups is 1. The Labute approximate surface area is 100 Å². The van der Waals surface area contributed by atoms with Crippen LogP contribution in [0.2, 0.25) is 0 Å². The van der Waals surface area contributed by atoms with Gasteiger partial charge in [-0.2, -0.15) is 0 Å². The molecule has 0 fully saturated rings. The van der Waals surface area contributed by atoms with Crippen LogP contribution in [0.25, 0.3) is 0 Å². The van der Waals surface area contributed by atoms with Gasteiger partial charge in [0, 0.05) is 25.9 Å². The van der Waals surface area contributed by atoms with Gasteiger partial charge in [-0.25, -0.2) is 8.42 Å². The van der Waals surface area contributed by atoms with Crippen LogP contribution in [0.3, 0.4) is 0 Å². The van der Waals surface area contributed by atoms with E-state index in [0.29, 0.717) is 6.54 Å². The Hall–Kier alpha value is -0.130. The average molecular weight is 250 g/mol. The fraction of sp³-hybridized carbons (Fsp3) is 1.00. The maximum Gasteiger partial charge on any atom is 0.148 e. The van der Waals surface area contributed by atoms with Gasteiger partial charge in [0.1, 0.15) is 9.84 Å². The second kappa shape index (κ2) is 6.57. The summed E-state index contributed by atoms with van der Waals surface area (Å²) in [6, 6.07) is 0. The summed E-state index contributed by atoms with van der Waals surface area (Å²) >= 11 is 0. The smallest absolute Gasteiger partial charge is 0.148 e. The van der Waals surface area contributed by atoms with E-state index in [9.17, 15) is 8.42 Å². The van der Waals surface area contributed by atoms with Gasteiger partial charge < -0.3 is 10.2 Å². The fourth-order valence-corrected chi connectivity index (χ4v) is 2.29. The van der Waals surface area contributed by atoms with Crippen LogP contribution in [-0.2, 0) is 9.84 Å². The maximum atomic E-state index is 11.0. The third kappa shape index (κ3) is 9.12. The molecular formula is C11H26N2O2S. The van der Waals surface area contributed by atoms with Crippen molar-refractivity contribution < 1.29 is 8.42 Å².